The van der Waals surface area contributed by atoms with Crippen molar-refractivity contribution in [1.82, 2.24) is 5.32 Å². The average Bonchev–Trinajstić information content (AvgIpc) is 2.60. The van der Waals surface area contributed by atoms with Crippen LogP contribution in [-0.2, 0) is 4.74 Å². The van der Waals surface area contributed by atoms with E-state index in [9.17, 15) is 0 Å². The van der Waals surface area contributed by atoms with E-state index in [1.807, 2.05) is 18.2 Å². The Balaban J connectivity index is 1.44. The minimum Gasteiger partial charge on any atom is -0.493 e. The standard InChI is InChI=1S/C18H27N3O2/c19-18(20-11-13-22-14-6-2-1-3-7-14)21-16-10-12-23-17-9-5-4-8-15(16)17/h4-5,8-9,14,16H,1-3,6-7,10-13H2,(H3,19,20,21). The smallest absolute Gasteiger partial charge is 0.189 e. The van der Waals surface area contributed by atoms with E-state index in [4.69, 9.17) is 15.2 Å². The lowest BCUT2D eigenvalue weighted by Gasteiger charge is -2.27. The predicted octanol–water partition coefficient (Wildman–Crippen LogP) is 2.76. The number of fused-ring (bicyclic) bond motifs is 1. The van der Waals surface area contributed by atoms with Crippen molar-refractivity contribution in [2.75, 3.05) is 19.8 Å². The molecule has 0 bridgehead atoms. The molecule has 0 saturated heterocycles. The van der Waals surface area contributed by atoms with Gasteiger partial charge < -0.3 is 20.5 Å². The van der Waals surface area contributed by atoms with Crippen molar-refractivity contribution in [1.29, 1.82) is 0 Å². The van der Waals surface area contributed by atoms with Crippen molar-refractivity contribution in [3.05, 3.63) is 29.8 Å². The van der Waals surface area contributed by atoms with E-state index < -0.39 is 0 Å². The summed E-state index contributed by atoms with van der Waals surface area (Å²) in [7, 11) is 0. The van der Waals surface area contributed by atoms with Crippen LogP contribution in [0.1, 0.15) is 50.1 Å². The summed E-state index contributed by atoms with van der Waals surface area (Å²) in [6.45, 7) is 1.96. The summed E-state index contributed by atoms with van der Waals surface area (Å²) in [5.74, 6) is 1.42. The van der Waals surface area contributed by atoms with E-state index in [1.54, 1.807) is 0 Å². The molecule has 2 aliphatic rings. The number of para-hydroxylation sites is 1. The van der Waals surface area contributed by atoms with E-state index in [1.165, 1.54) is 32.1 Å². The molecule has 1 unspecified atom stereocenters. The summed E-state index contributed by atoms with van der Waals surface area (Å²) >= 11 is 0. The summed E-state index contributed by atoms with van der Waals surface area (Å²) in [4.78, 5) is 4.39. The Morgan fingerprint density at radius 2 is 2.04 bits per heavy atom. The van der Waals surface area contributed by atoms with Crippen LogP contribution in [0.15, 0.2) is 29.3 Å². The number of nitrogens with zero attached hydrogens (tertiary/aromatic N) is 1. The van der Waals surface area contributed by atoms with Crippen LogP contribution in [0.2, 0.25) is 0 Å². The van der Waals surface area contributed by atoms with Crippen molar-refractivity contribution in [3.63, 3.8) is 0 Å². The first kappa shape index (κ1) is 16.1. The number of benzene rings is 1. The molecule has 1 fully saturated rings. The van der Waals surface area contributed by atoms with Gasteiger partial charge in [0.25, 0.3) is 0 Å². The van der Waals surface area contributed by atoms with Gasteiger partial charge in [0.15, 0.2) is 5.96 Å². The van der Waals surface area contributed by atoms with E-state index >= 15 is 0 Å². The summed E-state index contributed by atoms with van der Waals surface area (Å²) in [6.07, 6.45) is 7.64. The second kappa shape index (κ2) is 8.20. The number of guanidine groups is 1. The molecule has 23 heavy (non-hydrogen) atoms. The van der Waals surface area contributed by atoms with Gasteiger partial charge in [-0.1, -0.05) is 37.5 Å². The Hall–Kier alpha value is -1.75. The van der Waals surface area contributed by atoms with Crippen LogP contribution in [0.5, 0.6) is 5.75 Å². The number of hydrogen-bond donors (Lipinski definition) is 2. The van der Waals surface area contributed by atoms with Crippen LogP contribution < -0.4 is 15.8 Å². The highest BCUT2D eigenvalue weighted by Crippen LogP contribution is 2.31. The van der Waals surface area contributed by atoms with Crippen LogP contribution in [0.4, 0.5) is 0 Å². The molecule has 3 N–H and O–H groups in total. The van der Waals surface area contributed by atoms with Crippen molar-refractivity contribution in [2.24, 2.45) is 10.7 Å². The minimum absolute atomic E-state index is 0.169. The number of hydrogen-bond acceptors (Lipinski definition) is 3. The van der Waals surface area contributed by atoms with Gasteiger partial charge in [0.1, 0.15) is 5.75 Å². The zero-order chi connectivity index (χ0) is 15.9. The maximum atomic E-state index is 6.02. The Kier molecular flexibility index (Phi) is 5.75. The van der Waals surface area contributed by atoms with Crippen LogP contribution in [0.3, 0.4) is 0 Å². The fourth-order valence-corrected chi connectivity index (χ4v) is 3.33. The highest BCUT2D eigenvalue weighted by atomic mass is 16.5. The third-order valence-electron chi connectivity index (χ3n) is 4.56. The minimum atomic E-state index is 0.169. The van der Waals surface area contributed by atoms with Crippen LogP contribution in [0, 0.1) is 0 Å². The number of aliphatic imine (C=N–C) groups is 1. The largest absolute Gasteiger partial charge is 0.493 e. The second-order valence-corrected chi connectivity index (χ2v) is 6.27. The Labute approximate surface area is 138 Å². The highest BCUT2D eigenvalue weighted by Gasteiger charge is 2.21. The Morgan fingerprint density at radius 1 is 1.22 bits per heavy atom. The summed E-state index contributed by atoms with van der Waals surface area (Å²) < 4.78 is 11.5. The van der Waals surface area contributed by atoms with Gasteiger partial charge in [0.2, 0.25) is 0 Å². The first-order chi connectivity index (χ1) is 11.3. The molecule has 1 aromatic carbocycles. The highest BCUT2D eigenvalue weighted by molar-refractivity contribution is 5.78. The monoisotopic (exact) mass is 317 g/mol. The molecular formula is C18H27N3O2. The van der Waals surface area contributed by atoms with Crippen LogP contribution in [0.25, 0.3) is 0 Å². The van der Waals surface area contributed by atoms with Gasteiger partial charge in [-0.2, -0.15) is 0 Å². The Bertz CT molecular complexity index is 527. The molecular weight excluding hydrogens is 290 g/mol. The molecule has 1 aliphatic heterocycles. The van der Waals surface area contributed by atoms with Crippen molar-refractivity contribution in [2.45, 2.75) is 50.7 Å². The Morgan fingerprint density at radius 3 is 2.91 bits per heavy atom. The molecule has 3 rings (SSSR count). The van der Waals surface area contributed by atoms with Gasteiger partial charge in [0.05, 0.1) is 31.9 Å². The first-order valence-corrected chi connectivity index (χ1v) is 8.73. The van der Waals surface area contributed by atoms with Gasteiger partial charge in [-0.3, -0.25) is 4.99 Å². The topological polar surface area (TPSA) is 68.9 Å². The summed E-state index contributed by atoms with van der Waals surface area (Å²) in [6, 6.07) is 8.25. The molecule has 1 aliphatic carbocycles. The SMILES string of the molecule is NC(=NCCOC1CCCCC1)NC1CCOc2ccccc21. The van der Waals surface area contributed by atoms with E-state index in [-0.39, 0.29) is 6.04 Å². The molecule has 0 radical (unpaired) electrons. The molecule has 5 heteroatoms. The molecule has 5 nitrogen and oxygen atoms in total. The number of nitrogens with two attached hydrogens (primary N) is 1. The zero-order valence-corrected chi connectivity index (χ0v) is 13.7. The lowest BCUT2D eigenvalue weighted by atomic mass is 9.98. The maximum Gasteiger partial charge on any atom is 0.189 e. The lowest BCUT2D eigenvalue weighted by molar-refractivity contribution is 0.0334. The molecule has 1 heterocycles. The van der Waals surface area contributed by atoms with Crippen molar-refractivity contribution in [3.8, 4) is 5.75 Å². The third-order valence-corrected chi connectivity index (χ3v) is 4.56. The lowest BCUT2D eigenvalue weighted by Crippen LogP contribution is -2.37. The molecule has 1 saturated carbocycles. The zero-order valence-electron chi connectivity index (χ0n) is 13.7. The third kappa shape index (κ3) is 4.61. The molecule has 0 amide bonds. The molecule has 0 spiro atoms. The summed E-state index contributed by atoms with van der Waals surface area (Å²) in [5, 5.41) is 3.31. The maximum absolute atomic E-state index is 6.02. The quantitative estimate of drug-likeness (QED) is 0.498. The van der Waals surface area contributed by atoms with E-state index in [0.717, 1.165) is 17.7 Å². The first-order valence-electron chi connectivity index (χ1n) is 8.73. The average molecular weight is 317 g/mol. The summed E-state index contributed by atoms with van der Waals surface area (Å²) in [5.41, 5.74) is 7.17. The normalized spacial score (nSPS) is 22.3. The van der Waals surface area contributed by atoms with Crippen LogP contribution >= 0.6 is 0 Å². The number of ether oxygens (including phenoxy) is 2. The van der Waals surface area contributed by atoms with Gasteiger partial charge in [-0.25, -0.2) is 0 Å². The fourth-order valence-electron chi connectivity index (χ4n) is 3.33. The van der Waals surface area contributed by atoms with Crippen LogP contribution in [-0.4, -0.2) is 31.8 Å². The van der Waals surface area contributed by atoms with Gasteiger partial charge in [-0.05, 0) is 18.9 Å². The molecule has 1 aromatic rings. The molecule has 1 atom stereocenters. The van der Waals surface area contributed by atoms with Gasteiger partial charge >= 0.3 is 0 Å². The van der Waals surface area contributed by atoms with E-state index in [0.29, 0.717) is 31.8 Å². The van der Waals surface area contributed by atoms with E-state index in [2.05, 4.69) is 16.4 Å². The number of nitrogens with one attached hydrogen (secondary N) is 1. The predicted molar refractivity (Wildman–Crippen MR) is 91.7 cm³/mol. The van der Waals surface area contributed by atoms with Gasteiger partial charge in [-0.15, -0.1) is 0 Å². The van der Waals surface area contributed by atoms with Gasteiger partial charge in [0, 0.05) is 12.0 Å². The molecule has 0 aromatic heterocycles. The van der Waals surface area contributed by atoms with Crippen molar-refractivity contribution < 1.29 is 9.47 Å². The molecule has 126 valence electrons. The van der Waals surface area contributed by atoms with Crippen molar-refractivity contribution >= 4 is 5.96 Å². The fraction of sp³-hybridized carbons (Fsp3) is 0.611. The number of rotatable bonds is 5. The second-order valence-electron chi connectivity index (χ2n) is 6.27.